The summed E-state index contributed by atoms with van der Waals surface area (Å²) < 4.78 is 1.87. The molecule has 0 saturated heterocycles. The molecule has 3 heterocycles. The predicted molar refractivity (Wildman–Crippen MR) is 90.7 cm³/mol. The molecule has 1 aliphatic heterocycles. The molecular formula is C18H19N5O2. The second-order valence-electron chi connectivity index (χ2n) is 6.26. The Hall–Kier alpha value is -2.93. The monoisotopic (exact) mass is 337 g/mol. The van der Waals surface area contributed by atoms with Gasteiger partial charge in [0.05, 0.1) is 24.3 Å². The summed E-state index contributed by atoms with van der Waals surface area (Å²) in [7, 11) is 0. The highest BCUT2D eigenvalue weighted by atomic mass is 16.4. The van der Waals surface area contributed by atoms with Gasteiger partial charge in [-0.1, -0.05) is 24.3 Å². The Morgan fingerprint density at radius 2 is 2.04 bits per heavy atom. The van der Waals surface area contributed by atoms with E-state index >= 15 is 0 Å². The molecule has 0 saturated carbocycles. The van der Waals surface area contributed by atoms with Crippen molar-refractivity contribution in [1.82, 2.24) is 24.6 Å². The summed E-state index contributed by atoms with van der Waals surface area (Å²) in [5, 5.41) is 13.9. The number of carboxylic acid groups (broad SMARTS) is 1. The Morgan fingerprint density at radius 3 is 2.76 bits per heavy atom. The number of aromatic amines is 1. The average Bonchev–Trinajstić information content (AvgIpc) is 3.27. The lowest BCUT2D eigenvalue weighted by Crippen LogP contribution is -2.45. The lowest BCUT2D eigenvalue weighted by Gasteiger charge is -2.32. The van der Waals surface area contributed by atoms with E-state index < -0.39 is 12.0 Å². The van der Waals surface area contributed by atoms with Crippen molar-refractivity contribution in [2.24, 2.45) is 0 Å². The number of nitrogens with one attached hydrogen (secondary N) is 1. The highest BCUT2D eigenvalue weighted by molar-refractivity contribution is 5.74. The lowest BCUT2D eigenvalue weighted by atomic mass is 10.00. The van der Waals surface area contributed by atoms with Crippen LogP contribution in [0.1, 0.15) is 22.5 Å². The van der Waals surface area contributed by atoms with Crippen molar-refractivity contribution in [3.8, 4) is 0 Å². The van der Waals surface area contributed by atoms with E-state index in [1.165, 1.54) is 0 Å². The molecule has 7 nitrogen and oxygen atoms in total. The molecule has 0 radical (unpaired) electrons. The van der Waals surface area contributed by atoms with E-state index in [1.54, 1.807) is 12.5 Å². The third kappa shape index (κ3) is 3.18. The van der Waals surface area contributed by atoms with Crippen LogP contribution in [0.15, 0.2) is 49.1 Å². The molecule has 2 aromatic heterocycles. The molecule has 1 atom stereocenters. The molecule has 4 rings (SSSR count). The molecule has 0 bridgehead atoms. The summed E-state index contributed by atoms with van der Waals surface area (Å²) in [4.78, 5) is 21.1. The molecule has 0 aliphatic carbocycles. The first-order valence-electron chi connectivity index (χ1n) is 8.23. The van der Waals surface area contributed by atoms with E-state index in [0.717, 1.165) is 22.5 Å². The van der Waals surface area contributed by atoms with Crippen LogP contribution in [0.4, 0.5) is 0 Å². The number of carbonyl (C=O) groups is 1. The Morgan fingerprint density at radius 1 is 1.24 bits per heavy atom. The van der Waals surface area contributed by atoms with Gasteiger partial charge in [-0.05, 0) is 17.2 Å². The van der Waals surface area contributed by atoms with E-state index in [4.69, 9.17) is 0 Å². The van der Waals surface area contributed by atoms with Gasteiger partial charge in [0.1, 0.15) is 6.04 Å². The van der Waals surface area contributed by atoms with Crippen LogP contribution in [-0.4, -0.2) is 41.8 Å². The van der Waals surface area contributed by atoms with Crippen LogP contribution in [0.5, 0.6) is 0 Å². The van der Waals surface area contributed by atoms with Crippen LogP contribution in [0.25, 0.3) is 0 Å². The number of rotatable bonds is 5. The predicted octanol–water partition coefficient (Wildman–Crippen LogP) is 1.67. The number of hydrogen-bond acceptors (Lipinski definition) is 4. The van der Waals surface area contributed by atoms with Crippen LogP contribution in [0.2, 0.25) is 0 Å². The first-order valence-corrected chi connectivity index (χ1v) is 8.23. The Labute approximate surface area is 144 Å². The summed E-state index contributed by atoms with van der Waals surface area (Å²) in [6, 6.07) is 9.45. The van der Waals surface area contributed by atoms with Gasteiger partial charge in [0.2, 0.25) is 0 Å². The summed E-state index contributed by atoms with van der Waals surface area (Å²) >= 11 is 0. The lowest BCUT2D eigenvalue weighted by molar-refractivity contribution is -0.144. The second-order valence-corrected chi connectivity index (χ2v) is 6.26. The summed E-state index contributed by atoms with van der Waals surface area (Å²) in [5.41, 5.74) is 4.12. The maximum atomic E-state index is 11.7. The van der Waals surface area contributed by atoms with Crippen molar-refractivity contribution in [3.63, 3.8) is 0 Å². The van der Waals surface area contributed by atoms with E-state index in [0.29, 0.717) is 26.1 Å². The van der Waals surface area contributed by atoms with E-state index in [1.807, 2.05) is 34.0 Å². The quantitative estimate of drug-likeness (QED) is 0.739. The van der Waals surface area contributed by atoms with Crippen LogP contribution >= 0.6 is 0 Å². The molecule has 2 N–H and O–H groups in total. The Balaban J connectivity index is 1.60. The number of aromatic nitrogens is 4. The van der Waals surface area contributed by atoms with Crippen LogP contribution < -0.4 is 0 Å². The first kappa shape index (κ1) is 15.6. The van der Waals surface area contributed by atoms with Crippen LogP contribution in [0.3, 0.4) is 0 Å². The fraction of sp³-hybridized carbons (Fsp3) is 0.278. The maximum Gasteiger partial charge on any atom is 0.321 e. The zero-order valence-corrected chi connectivity index (χ0v) is 13.7. The SMILES string of the molecule is O=C(O)C1Cc2nc[nH]c2CN1Cc1ccccc1Cn1cccn1. The maximum absolute atomic E-state index is 11.7. The highest BCUT2D eigenvalue weighted by Gasteiger charge is 2.33. The van der Waals surface area contributed by atoms with Crippen molar-refractivity contribution < 1.29 is 9.90 Å². The van der Waals surface area contributed by atoms with Crippen molar-refractivity contribution in [2.45, 2.75) is 32.1 Å². The van der Waals surface area contributed by atoms with Gasteiger partial charge >= 0.3 is 5.97 Å². The number of nitrogens with zero attached hydrogens (tertiary/aromatic N) is 4. The molecule has 0 spiro atoms. The summed E-state index contributed by atoms with van der Waals surface area (Å²) in [5.74, 6) is -0.807. The van der Waals surface area contributed by atoms with Crippen molar-refractivity contribution in [3.05, 3.63) is 71.6 Å². The summed E-state index contributed by atoms with van der Waals surface area (Å²) in [6.45, 7) is 1.80. The molecule has 0 fully saturated rings. The first-order chi connectivity index (χ1) is 12.2. The molecule has 1 aliphatic rings. The van der Waals surface area contributed by atoms with Gasteiger partial charge in [0, 0.05) is 31.9 Å². The van der Waals surface area contributed by atoms with Gasteiger partial charge in [-0.2, -0.15) is 5.10 Å². The van der Waals surface area contributed by atoms with E-state index in [2.05, 4.69) is 27.2 Å². The molecule has 7 heteroatoms. The largest absolute Gasteiger partial charge is 0.480 e. The zero-order chi connectivity index (χ0) is 17.2. The number of carboxylic acids is 1. The number of fused-ring (bicyclic) bond motifs is 1. The third-order valence-electron chi connectivity index (χ3n) is 4.66. The van der Waals surface area contributed by atoms with Gasteiger partial charge in [-0.3, -0.25) is 14.4 Å². The topological polar surface area (TPSA) is 87.0 Å². The molecule has 1 aromatic carbocycles. The van der Waals surface area contributed by atoms with Crippen molar-refractivity contribution in [1.29, 1.82) is 0 Å². The molecule has 3 aromatic rings. The standard InChI is InChI=1S/C18H19N5O2/c24-18(25)17-8-15-16(20-12-19-15)11-22(17)9-13-4-1-2-5-14(13)10-23-7-3-6-21-23/h1-7,12,17H,8-11H2,(H,19,20)(H,24,25). The van der Waals surface area contributed by atoms with E-state index in [9.17, 15) is 9.90 Å². The third-order valence-corrected chi connectivity index (χ3v) is 4.66. The van der Waals surface area contributed by atoms with E-state index in [-0.39, 0.29) is 0 Å². The fourth-order valence-corrected chi connectivity index (χ4v) is 3.35. The molecule has 25 heavy (non-hydrogen) atoms. The van der Waals surface area contributed by atoms with Gasteiger partial charge < -0.3 is 10.1 Å². The molecule has 0 amide bonds. The minimum atomic E-state index is -0.807. The minimum absolute atomic E-state index is 0.426. The normalized spacial score (nSPS) is 17.4. The van der Waals surface area contributed by atoms with Crippen molar-refractivity contribution in [2.75, 3.05) is 0 Å². The Kier molecular flexibility index (Phi) is 4.07. The molecule has 128 valence electrons. The highest BCUT2D eigenvalue weighted by Crippen LogP contribution is 2.24. The average molecular weight is 337 g/mol. The van der Waals surface area contributed by atoms with Gasteiger partial charge in [0.15, 0.2) is 0 Å². The number of imidazole rings is 1. The zero-order valence-electron chi connectivity index (χ0n) is 13.7. The van der Waals surface area contributed by atoms with Gasteiger partial charge in [-0.25, -0.2) is 4.98 Å². The number of benzene rings is 1. The minimum Gasteiger partial charge on any atom is -0.480 e. The number of hydrogen-bond donors (Lipinski definition) is 2. The summed E-state index contributed by atoms with van der Waals surface area (Å²) in [6.07, 6.45) is 5.75. The molecule has 1 unspecified atom stereocenters. The van der Waals surface area contributed by atoms with Crippen LogP contribution in [-0.2, 0) is 30.8 Å². The van der Waals surface area contributed by atoms with Crippen LogP contribution in [0, 0.1) is 0 Å². The van der Waals surface area contributed by atoms with Crippen molar-refractivity contribution >= 4 is 5.97 Å². The smallest absolute Gasteiger partial charge is 0.321 e. The fourth-order valence-electron chi connectivity index (χ4n) is 3.35. The Bertz CT molecular complexity index is 871. The van der Waals surface area contributed by atoms with Gasteiger partial charge in [0.25, 0.3) is 0 Å². The van der Waals surface area contributed by atoms with Gasteiger partial charge in [-0.15, -0.1) is 0 Å². The number of H-pyrrole nitrogens is 1. The number of aliphatic carboxylic acids is 1. The second kappa shape index (κ2) is 6.52. The molecular weight excluding hydrogens is 318 g/mol.